The molecule has 0 unspecified atom stereocenters. The summed E-state index contributed by atoms with van der Waals surface area (Å²) < 4.78 is 0.855. The van der Waals surface area contributed by atoms with Gasteiger partial charge in [-0.25, -0.2) is 9.59 Å². The number of carboxylic acids is 2. The Balaban J connectivity index is 1.79. The van der Waals surface area contributed by atoms with Crippen LogP contribution >= 0.6 is 15.9 Å². The van der Waals surface area contributed by atoms with E-state index >= 15 is 0 Å². The fourth-order valence-electron chi connectivity index (χ4n) is 2.96. The molecular weight excluding hydrogens is 460 g/mol. The zero-order valence-corrected chi connectivity index (χ0v) is 18.1. The molecular formula is C25H19BrO5. The quantitative estimate of drug-likeness (QED) is 0.366. The number of aromatic carboxylic acids is 2. The van der Waals surface area contributed by atoms with Crippen molar-refractivity contribution < 1.29 is 24.9 Å². The van der Waals surface area contributed by atoms with E-state index in [1.807, 2.05) is 42.5 Å². The molecule has 0 heterocycles. The number of hydrogen-bond donors (Lipinski definition) is 3. The first-order valence-electron chi connectivity index (χ1n) is 9.30. The molecule has 0 amide bonds. The molecule has 0 aliphatic heterocycles. The van der Waals surface area contributed by atoms with E-state index in [2.05, 4.69) is 15.9 Å². The Morgan fingerprint density at radius 3 is 1.87 bits per heavy atom. The zero-order chi connectivity index (χ0) is 22.5. The van der Waals surface area contributed by atoms with Crippen LogP contribution in [0.15, 0.2) is 59.1 Å². The average molecular weight is 479 g/mol. The summed E-state index contributed by atoms with van der Waals surface area (Å²) in [5, 5.41) is 28.0. The molecule has 0 atom stereocenters. The van der Waals surface area contributed by atoms with Gasteiger partial charge in [0.1, 0.15) is 11.3 Å². The lowest BCUT2D eigenvalue weighted by atomic mass is 10.0. The summed E-state index contributed by atoms with van der Waals surface area (Å²) in [6.45, 7) is 1.76. The van der Waals surface area contributed by atoms with Gasteiger partial charge in [0, 0.05) is 4.47 Å². The fourth-order valence-corrected chi connectivity index (χ4v) is 3.49. The summed E-state index contributed by atoms with van der Waals surface area (Å²) in [5.41, 5.74) is 4.12. The van der Waals surface area contributed by atoms with Crippen molar-refractivity contribution in [2.45, 2.75) is 6.92 Å². The first-order chi connectivity index (χ1) is 14.7. The van der Waals surface area contributed by atoms with Crippen LogP contribution in [-0.4, -0.2) is 27.3 Å². The van der Waals surface area contributed by atoms with Gasteiger partial charge in [0.05, 0.1) is 5.56 Å². The summed E-state index contributed by atoms with van der Waals surface area (Å²) in [5.74, 6) is -2.41. The third-order valence-electron chi connectivity index (χ3n) is 4.69. The van der Waals surface area contributed by atoms with Gasteiger partial charge >= 0.3 is 11.9 Å². The summed E-state index contributed by atoms with van der Waals surface area (Å²) in [6.07, 6.45) is 7.36. The van der Waals surface area contributed by atoms with Gasteiger partial charge in [-0.15, -0.1) is 0 Å². The Morgan fingerprint density at radius 2 is 1.26 bits per heavy atom. The molecule has 31 heavy (non-hydrogen) atoms. The summed E-state index contributed by atoms with van der Waals surface area (Å²) in [6, 6.07) is 15.5. The Labute approximate surface area is 187 Å². The van der Waals surface area contributed by atoms with Gasteiger partial charge in [0.25, 0.3) is 0 Å². The van der Waals surface area contributed by atoms with Crippen molar-refractivity contribution in [1.82, 2.24) is 0 Å². The van der Waals surface area contributed by atoms with E-state index in [4.69, 9.17) is 5.11 Å². The SMILES string of the molecule is Cc1ccc(/C=C/c2ccc(/C=C/c3ccc(O)c(C(=O)O)c3)cc2Br)cc1C(=O)O. The Morgan fingerprint density at radius 1 is 0.742 bits per heavy atom. The van der Waals surface area contributed by atoms with Crippen LogP contribution in [0.25, 0.3) is 24.3 Å². The molecule has 0 bridgehead atoms. The third-order valence-corrected chi connectivity index (χ3v) is 5.38. The number of rotatable bonds is 6. The molecule has 0 fully saturated rings. The molecule has 0 aliphatic carbocycles. The van der Waals surface area contributed by atoms with Crippen LogP contribution in [0.3, 0.4) is 0 Å². The highest BCUT2D eigenvalue weighted by Gasteiger charge is 2.09. The highest BCUT2D eigenvalue weighted by Crippen LogP contribution is 2.24. The second-order valence-electron chi connectivity index (χ2n) is 6.91. The van der Waals surface area contributed by atoms with Gasteiger partial charge in [0.2, 0.25) is 0 Å². The van der Waals surface area contributed by atoms with Crippen LogP contribution in [0, 0.1) is 6.92 Å². The number of halogens is 1. The third kappa shape index (κ3) is 5.49. The largest absolute Gasteiger partial charge is 0.507 e. The normalized spacial score (nSPS) is 11.3. The van der Waals surface area contributed by atoms with Crippen molar-refractivity contribution in [2.24, 2.45) is 0 Å². The second kappa shape index (κ2) is 9.45. The van der Waals surface area contributed by atoms with E-state index in [-0.39, 0.29) is 16.9 Å². The lowest BCUT2D eigenvalue weighted by molar-refractivity contribution is 0.0683. The summed E-state index contributed by atoms with van der Waals surface area (Å²) in [7, 11) is 0. The number of aryl methyl sites for hydroxylation is 1. The highest BCUT2D eigenvalue weighted by molar-refractivity contribution is 9.10. The average Bonchev–Trinajstić information content (AvgIpc) is 2.73. The molecule has 5 nitrogen and oxygen atoms in total. The highest BCUT2D eigenvalue weighted by atomic mass is 79.9. The molecule has 3 aromatic carbocycles. The molecule has 156 valence electrons. The van der Waals surface area contributed by atoms with Gasteiger partial charge in [0.15, 0.2) is 0 Å². The summed E-state index contributed by atoms with van der Waals surface area (Å²) in [4.78, 5) is 22.4. The molecule has 3 aromatic rings. The molecule has 0 saturated carbocycles. The van der Waals surface area contributed by atoms with E-state index in [0.717, 1.165) is 21.2 Å². The number of benzene rings is 3. The van der Waals surface area contributed by atoms with E-state index in [0.29, 0.717) is 11.1 Å². The van der Waals surface area contributed by atoms with Crippen LogP contribution in [0.1, 0.15) is 48.5 Å². The standard InChI is InChI=1S/C25H19BrO5/c1-15-2-3-16(12-20(15)24(28)29)6-9-19-10-7-18(14-22(19)26)5-4-17-8-11-23(27)21(13-17)25(30)31/h2-14,27H,1H3,(H,28,29)(H,30,31)/b5-4+,9-6+. The molecule has 0 aliphatic rings. The number of carboxylic acid groups (broad SMARTS) is 2. The predicted molar refractivity (Wildman–Crippen MR) is 125 cm³/mol. The first-order valence-corrected chi connectivity index (χ1v) is 10.1. The second-order valence-corrected chi connectivity index (χ2v) is 7.76. The Hall–Kier alpha value is -3.64. The topological polar surface area (TPSA) is 94.8 Å². The maximum atomic E-state index is 11.3. The minimum Gasteiger partial charge on any atom is -0.507 e. The van der Waals surface area contributed by atoms with Gasteiger partial charge in [-0.3, -0.25) is 0 Å². The lowest BCUT2D eigenvalue weighted by Gasteiger charge is -2.04. The van der Waals surface area contributed by atoms with E-state index in [1.165, 1.54) is 12.1 Å². The fraction of sp³-hybridized carbons (Fsp3) is 0.0400. The number of hydrogen-bond acceptors (Lipinski definition) is 3. The molecule has 3 N–H and O–H groups in total. The lowest BCUT2D eigenvalue weighted by Crippen LogP contribution is -1.99. The van der Waals surface area contributed by atoms with Crippen LogP contribution in [-0.2, 0) is 0 Å². The smallest absolute Gasteiger partial charge is 0.339 e. The van der Waals surface area contributed by atoms with Crippen molar-refractivity contribution in [3.8, 4) is 5.75 Å². The first kappa shape index (κ1) is 22.1. The van der Waals surface area contributed by atoms with Crippen LogP contribution in [0.5, 0.6) is 5.75 Å². The van der Waals surface area contributed by atoms with Crippen LogP contribution < -0.4 is 0 Å². The van der Waals surface area contributed by atoms with E-state index in [9.17, 15) is 19.8 Å². The maximum absolute atomic E-state index is 11.3. The van der Waals surface area contributed by atoms with Gasteiger partial charge in [-0.05, 0) is 59.0 Å². The van der Waals surface area contributed by atoms with Gasteiger partial charge < -0.3 is 15.3 Å². The molecule has 0 spiro atoms. The van der Waals surface area contributed by atoms with Crippen LogP contribution in [0.2, 0.25) is 0 Å². The Kier molecular flexibility index (Phi) is 6.72. The van der Waals surface area contributed by atoms with Crippen molar-refractivity contribution in [3.05, 3.63) is 98.0 Å². The Bertz CT molecular complexity index is 1220. The maximum Gasteiger partial charge on any atom is 0.339 e. The number of aromatic hydroxyl groups is 1. The van der Waals surface area contributed by atoms with Gasteiger partial charge in [-0.2, -0.15) is 0 Å². The molecule has 0 radical (unpaired) electrons. The van der Waals surface area contributed by atoms with Crippen molar-refractivity contribution in [3.63, 3.8) is 0 Å². The monoisotopic (exact) mass is 478 g/mol. The van der Waals surface area contributed by atoms with Crippen molar-refractivity contribution >= 4 is 52.2 Å². The molecule has 3 rings (SSSR count). The predicted octanol–water partition coefficient (Wildman–Crippen LogP) is 6.20. The van der Waals surface area contributed by atoms with E-state index < -0.39 is 11.9 Å². The number of phenols is 1. The summed E-state index contributed by atoms with van der Waals surface area (Å²) >= 11 is 3.55. The minimum absolute atomic E-state index is 0.147. The number of carbonyl (C=O) groups is 2. The molecule has 0 aromatic heterocycles. The van der Waals surface area contributed by atoms with Crippen LogP contribution in [0.4, 0.5) is 0 Å². The minimum atomic E-state index is -1.18. The molecule has 0 saturated heterocycles. The molecule has 6 heteroatoms. The van der Waals surface area contributed by atoms with E-state index in [1.54, 1.807) is 31.2 Å². The van der Waals surface area contributed by atoms with Crippen molar-refractivity contribution in [2.75, 3.05) is 0 Å². The zero-order valence-electron chi connectivity index (χ0n) is 16.5. The van der Waals surface area contributed by atoms with Gasteiger partial charge in [-0.1, -0.05) is 70.6 Å². The van der Waals surface area contributed by atoms with Crippen molar-refractivity contribution in [1.29, 1.82) is 0 Å².